The van der Waals surface area contributed by atoms with Gasteiger partial charge in [-0.05, 0) is 30.5 Å². The zero-order valence-electron chi connectivity index (χ0n) is 16.4. The lowest BCUT2D eigenvalue weighted by Crippen LogP contribution is -2.44. The van der Waals surface area contributed by atoms with Gasteiger partial charge in [0, 0.05) is 39.6 Å². The number of nitrogens with zero attached hydrogens (tertiary/aromatic N) is 5. The Morgan fingerprint density at radius 2 is 2.04 bits per heavy atom. The average molecular weight is 378 g/mol. The molecule has 0 bridgehead atoms. The molecule has 2 aromatic heterocycles. The standard InChI is InChI=1S/C21H26N6O/c1-25(2)21(28)26-12-6-9-17(14-26)20-23-19-11-10-18(15-27(19)24-20)22-13-16-7-4-3-5-8-16/h3-5,7-8,10-11,15,17,22H,6,9,12-14H2,1-2H3/t17-/m1/s1. The van der Waals surface area contributed by atoms with Crippen molar-refractivity contribution in [2.24, 2.45) is 0 Å². The fraction of sp³-hybridized carbons (Fsp3) is 0.381. The number of carbonyl (C=O) groups excluding carboxylic acids is 1. The van der Waals surface area contributed by atoms with Gasteiger partial charge in [-0.1, -0.05) is 30.3 Å². The minimum absolute atomic E-state index is 0.0564. The Labute approximate surface area is 165 Å². The lowest BCUT2D eigenvalue weighted by molar-refractivity contribution is 0.153. The Morgan fingerprint density at radius 3 is 2.82 bits per heavy atom. The predicted octanol–water partition coefficient (Wildman–Crippen LogP) is 3.20. The molecule has 1 saturated heterocycles. The first-order chi connectivity index (χ1) is 13.6. The van der Waals surface area contributed by atoms with Gasteiger partial charge in [0.15, 0.2) is 11.5 Å². The summed E-state index contributed by atoms with van der Waals surface area (Å²) in [5.41, 5.74) is 3.06. The molecule has 4 rings (SSSR count). The molecule has 2 amide bonds. The molecule has 1 aliphatic heterocycles. The van der Waals surface area contributed by atoms with Gasteiger partial charge in [0.05, 0.1) is 11.9 Å². The monoisotopic (exact) mass is 378 g/mol. The molecule has 7 nitrogen and oxygen atoms in total. The largest absolute Gasteiger partial charge is 0.380 e. The first kappa shape index (κ1) is 18.3. The summed E-state index contributed by atoms with van der Waals surface area (Å²) in [5.74, 6) is 0.995. The van der Waals surface area contributed by atoms with Crippen LogP contribution in [0, 0.1) is 0 Å². The highest BCUT2D eigenvalue weighted by Gasteiger charge is 2.28. The molecule has 28 heavy (non-hydrogen) atoms. The quantitative estimate of drug-likeness (QED) is 0.757. The highest BCUT2D eigenvalue weighted by atomic mass is 16.2. The van der Waals surface area contributed by atoms with E-state index >= 15 is 0 Å². The van der Waals surface area contributed by atoms with E-state index in [0.717, 1.165) is 43.1 Å². The molecule has 3 heterocycles. The number of anilines is 1. The number of rotatable bonds is 4. The number of aromatic nitrogens is 3. The Kier molecular flexibility index (Phi) is 5.14. The number of likely N-dealkylation sites (tertiary alicyclic amines) is 1. The maximum atomic E-state index is 12.3. The summed E-state index contributed by atoms with van der Waals surface area (Å²) in [7, 11) is 3.58. The first-order valence-electron chi connectivity index (χ1n) is 9.70. The number of amides is 2. The summed E-state index contributed by atoms with van der Waals surface area (Å²) in [4.78, 5) is 20.5. The number of benzene rings is 1. The number of pyridine rings is 1. The van der Waals surface area contributed by atoms with Crippen molar-refractivity contribution in [1.29, 1.82) is 0 Å². The van der Waals surface area contributed by atoms with E-state index in [1.807, 2.05) is 45.9 Å². The molecule has 0 unspecified atom stereocenters. The fourth-order valence-corrected chi connectivity index (χ4v) is 3.62. The van der Waals surface area contributed by atoms with Crippen molar-refractivity contribution in [3.05, 3.63) is 60.0 Å². The minimum Gasteiger partial charge on any atom is -0.380 e. The topological polar surface area (TPSA) is 65.8 Å². The van der Waals surface area contributed by atoms with Crippen LogP contribution in [-0.2, 0) is 6.54 Å². The van der Waals surface area contributed by atoms with Crippen molar-refractivity contribution < 1.29 is 4.79 Å². The van der Waals surface area contributed by atoms with Crippen LogP contribution in [0.1, 0.15) is 30.1 Å². The molecule has 0 saturated carbocycles. The van der Waals surface area contributed by atoms with Crippen LogP contribution in [0.25, 0.3) is 5.65 Å². The van der Waals surface area contributed by atoms with E-state index in [4.69, 9.17) is 10.1 Å². The maximum absolute atomic E-state index is 12.3. The van der Waals surface area contributed by atoms with Crippen molar-refractivity contribution >= 4 is 17.4 Å². The van der Waals surface area contributed by atoms with Crippen LogP contribution in [0.15, 0.2) is 48.7 Å². The molecule has 1 fully saturated rings. The lowest BCUT2D eigenvalue weighted by atomic mass is 9.98. The zero-order chi connectivity index (χ0) is 19.5. The molecular formula is C21H26N6O. The Hall–Kier alpha value is -3.09. The van der Waals surface area contributed by atoms with Gasteiger partial charge in [-0.2, -0.15) is 5.10 Å². The van der Waals surface area contributed by atoms with E-state index in [0.29, 0.717) is 6.54 Å². The van der Waals surface area contributed by atoms with Crippen LogP contribution >= 0.6 is 0 Å². The third kappa shape index (κ3) is 3.93. The van der Waals surface area contributed by atoms with Gasteiger partial charge >= 0.3 is 6.03 Å². The van der Waals surface area contributed by atoms with E-state index in [1.54, 1.807) is 19.0 Å². The van der Waals surface area contributed by atoms with Gasteiger partial charge in [-0.15, -0.1) is 0 Å². The molecule has 0 spiro atoms. The number of piperidine rings is 1. The number of fused-ring (bicyclic) bond motifs is 1. The van der Waals surface area contributed by atoms with Gasteiger partial charge in [0.2, 0.25) is 0 Å². The average Bonchev–Trinajstić information content (AvgIpc) is 3.16. The van der Waals surface area contributed by atoms with Crippen LogP contribution in [0.4, 0.5) is 10.5 Å². The number of carbonyl (C=O) groups is 1. The molecule has 1 aromatic carbocycles. The molecule has 0 radical (unpaired) electrons. The van der Waals surface area contributed by atoms with Crippen LogP contribution < -0.4 is 5.32 Å². The number of hydrogen-bond donors (Lipinski definition) is 1. The summed E-state index contributed by atoms with van der Waals surface area (Å²) in [6, 6.07) is 14.4. The van der Waals surface area contributed by atoms with Crippen molar-refractivity contribution in [3.8, 4) is 0 Å². The number of hydrogen-bond acceptors (Lipinski definition) is 4. The molecule has 7 heteroatoms. The van der Waals surface area contributed by atoms with Gasteiger partial charge < -0.3 is 15.1 Å². The second-order valence-electron chi connectivity index (χ2n) is 7.49. The molecule has 1 aliphatic rings. The van der Waals surface area contributed by atoms with E-state index < -0.39 is 0 Å². The number of urea groups is 1. The summed E-state index contributed by atoms with van der Waals surface area (Å²) >= 11 is 0. The van der Waals surface area contributed by atoms with Crippen LogP contribution in [0.5, 0.6) is 0 Å². The van der Waals surface area contributed by atoms with Crippen molar-refractivity contribution in [2.45, 2.75) is 25.3 Å². The van der Waals surface area contributed by atoms with Crippen molar-refractivity contribution in [3.63, 3.8) is 0 Å². The van der Waals surface area contributed by atoms with Gasteiger partial charge in [0.1, 0.15) is 0 Å². The maximum Gasteiger partial charge on any atom is 0.319 e. The third-order valence-corrected chi connectivity index (χ3v) is 5.13. The van der Waals surface area contributed by atoms with Gasteiger partial charge in [-0.3, -0.25) is 0 Å². The van der Waals surface area contributed by atoms with Crippen molar-refractivity contribution in [1.82, 2.24) is 24.4 Å². The van der Waals surface area contributed by atoms with E-state index in [2.05, 4.69) is 17.4 Å². The van der Waals surface area contributed by atoms with Crippen LogP contribution in [0.3, 0.4) is 0 Å². The third-order valence-electron chi connectivity index (χ3n) is 5.13. The van der Waals surface area contributed by atoms with Gasteiger partial charge in [-0.25, -0.2) is 14.3 Å². The van der Waals surface area contributed by atoms with Crippen LogP contribution in [0.2, 0.25) is 0 Å². The smallest absolute Gasteiger partial charge is 0.319 e. The highest BCUT2D eigenvalue weighted by Crippen LogP contribution is 2.26. The van der Waals surface area contributed by atoms with E-state index in [-0.39, 0.29) is 11.9 Å². The normalized spacial score (nSPS) is 16.9. The number of nitrogens with one attached hydrogen (secondary N) is 1. The van der Waals surface area contributed by atoms with Crippen molar-refractivity contribution in [2.75, 3.05) is 32.5 Å². The SMILES string of the molecule is CN(C)C(=O)N1CCC[C@@H](c2nc3ccc(NCc4ccccc4)cn3n2)C1. The van der Waals surface area contributed by atoms with Crippen LogP contribution in [-0.4, -0.2) is 57.6 Å². The Bertz CT molecular complexity index is 952. The van der Waals surface area contributed by atoms with E-state index in [9.17, 15) is 4.79 Å². The summed E-state index contributed by atoms with van der Waals surface area (Å²) in [6.07, 6.45) is 3.96. The molecule has 3 aromatic rings. The molecule has 1 atom stereocenters. The van der Waals surface area contributed by atoms with E-state index in [1.165, 1.54) is 5.56 Å². The Balaban J connectivity index is 1.47. The fourth-order valence-electron chi connectivity index (χ4n) is 3.62. The molecular weight excluding hydrogens is 352 g/mol. The second kappa shape index (κ2) is 7.88. The van der Waals surface area contributed by atoms with Gasteiger partial charge in [0.25, 0.3) is 0 Å². The summed E-state index contributed by atoms with van der Waals surface area (Å²) in [6.45, 7) is 2.24. The second-order valence-corrected chi connectivity index (χ2v) is 7.49. The lowest BCUT2D eigenvalue weighted by Gasteiger charge is -2.33. The zero-order valence-corrected chi connectivity index (χ0v) is 16.4. The molecule has 0 aliphatic carbocycles. The molecule has 1 N–H and O–H groups in total. The highest BCUT2D eigenvalue weighted by molar-refractivity contribution is 5.74. The summed E-state index contributed by atoms with van der Waals surface area (Å²) < 4.78 is 1.83. The molecule has 146 valence electrons. The minimum atomic E-state index is 0.0564. The summed E-state index contributed by atoms with van der Waals surface area (Å²) in [5, 5.41) is 8.13. The first-order valence-corrected chi connectivity index (χ1v) is 9.70. The Morgan fingerprint density at radius 1 is 1.21 bits per heavy atom. The predicted molar refractivity (Wildman–Crippen MR) is 109 cm³/mol.